The monoisotopic (exact) mass is 601 g/mol. The molecule has 0 saturated carbocycles. The molecule has 0 unspecified atom stereocenters. The molecular formula is C28H32BrN3O5S. The summed E-state index contributed by atoms with van der Waals surface area (Å²) in [6, 6.07) is 20.1. The van der Waals surface area contributed by atoms with Crippen molar-refractivity contribution in [2.75, 3.05) is 31.6 Å². The average molecular weight is 603 g/mol. The van der Waals surface area contributed by atoms with Crippen LogP contribution in [0.25, 0.3) is 0 Å². The first-order valence-electron chi connectivity index (χ1n) is 12.1. The van der Waals surface area contributed by atoms with Gasteiger partial charge in [-0.3, -0.25) is 13.9 Å². The van der Waals surface area contributed by atoms with Gasteiger partial charge in [0, 0.05) is 13.6 Å². The molecule has 0 aliphatic heterocycles. The predicted molar refractivity (Wildman–Crippen MR) is 152 cm³/mol. The molecule has 0 spiro atoms. The summed E-state index contributed by atoms with van der Waals surface area (Å²) < 4.78 is 34.5. The maximum atomic E-state index is 13.9. The van der Waals surface area contributed by atoms with Crippen LogP contribution in [0.1, 0.15) is 18.1 Å². The highest BCUT2D eigenvalue weighted by Crippen LogP contribution is 2.31. The van der Waals surface area contributed by atoms with E-state index in [0.717, 1.165) is 15.4 Å². The number of likely N-dealkylation sites (N-methyl/N-ethyl adjacent to an activating group) is 1. The summed E-state index contributed by atoms with van der Waals surface area (Å²) in [4.78, 5) is 27.7. The minimum atomic E-state index is -4.16. The summed E-state index contributed by atoms with van der Waals surface area (Å²) in [5.74, 6) is -0.350. The Labute approximate surface area is 232 Å². The first-order chi connectivity index (χ1) is 18.1. The van der Waals surface area contributed by atoms with Crippen molar-refractivity contribution in [1.82, 2.24) is 10.2 Å². The van der Waals surface area contributed by atoms with E-state index in [9.17, 15) is 18.0 Å². The lowest BCUT2D eigenvalue weighted by Gasteiger charge is -2.31. The maximum Gasteiger partial charge on any atom is 0.264 e. The number of hydrogen-bond donors (Lipinski definition) is 1. The van der Waals surface area contributed by atoms with E-state index in [0.29, 0.717) is 22.3 Å². The zero-order chi connectivity index (χ0) is 27.9. The number of nitrogens with zero attached hydrogens (tertiary/aromatic N) is 2. The quantitative estimate of drug-likeness (QED) is 0.356. The highest BCUT2D eigenvalue weighted by molar-refractivity contribution is 9.10. The topological polar surface area (TPSA) is 96.0 Å². The van der Waals surface area contributed by atoms with Gasteiger partial charge in [0.15, 0.2) is 0 Å². The third-order valence-corrected chi connectivity index (χ3v) is 8.60. The van der Waals surface area contributed by atoms with Gasteiger partial charge in [-0.2, -0.15) is 0 Å². The van der Waals surface area contributed by atoms with E-state index in [4.69, 9.17) is 4.74 Å². The number of benzene rings is 3. The minimum absolute atomic E-state index is 0.00580. The van der Waals surface area contributed by atoms with Crippen LogP contribution >= 0.6 is 15.9 Å². The number of anilines is 1. The number of sulfonamides is 1. The fourth-order valence-electron chi connectivity index (χ4n) is 3.95. The second-order valence-electron chi connectivity index (χ2n) is 8.76. The lowest BCUT2D eigenvalue weighted by atomic mass is 10.1. The first kappa shape index (κ1) is 29.2. The number of nitrogens with one attached hydrogen (secondary N) is 1. The predicted octanol–water partition coefficient (Wildman–Crippen LogP) is 4.17. The summed E-state index contributed by atoms with van der Waals surface area (Å²) in [6.07, 6.45) is 0.511. The molecule has 0 fully saturated rings. The van der Waals surface area contributed by atoms with Gasteiger partial charge in [-0.05, 0) is 72.1 Å². The molecule has 0 aliphatic rings. The van der Waals surface area contributed by atoms with Gasteiger partial charge in [0.05, 0.1) is 22.2 Å². The van der Waals surface area contributed by atoms with Crippen molar-refractivity contribution in [2.24, 2.45) is 0 Å². The van der Waals surface area contributed by atoms with Crippen LogP contribution < -0.4 is 14.4 Å². The summed E-state index contributed by atoms with van der Waals surface area (Å²) in [5, 5.41) is 2.58. The lowest BCUT2D eigenvalue weighted by molar-refractivity contribution is -0.138. The molecule has 1 atom stereocenters. The minimum Gasteiger partial charge on any atom is -0.496 e. The van der Waals surface area contributed by atoms with E-state index in [2.05, 4.69) is 21.2 Å². The van der Waals surface area contributed by atoms with Crippen molar-refractivity contribution < 1.29 is 22.7 Å². The summed E-state index contributed by atoms with van der Waals surface area (Å²) in [6.45, 7) is 3.29. The van der Waals surface area contributed by atoms with Gasteiger partial charge in [0.25, 0.3) is 10.0 Å². The maximum absolute atomic E-state index is 13.9. The fraction of sp³-hybridized carbons (Fsp3) is 0.286. The molecular weight excluding hydrogens is 570 g/mol. The van der Waals surface area contributed by atoms with Crippen molar-refractivity contribution in [3.8, 4) is 5.75 Å². The molecule has 8 nitrogen and oxygen atoms in total. The van der Waals surface area contributed by atoms with Crippen molar-refractivity contribution in [2.45, 2.75) is 31.2 Å². The van der Waals surface area contributed by atoms with Gasteiger partial charge >= 0.3 is 0 Å². The molecule has 0 heterocycles. The molecule has 3 aromatic rings. The second kappa shape index (κ2) is 12.9. The van der Waals surface area contributed by atoms with E-state index < -0.39 is 28.5 Å². The lowest BCUT2D eigenvalue weighted by Crippen LogP contribution is -2.51. The molecule has 202 valence electrons. The number of methoxy groups -OCH3 is 1. The van der Waals surface area contributed by atoms with Crippen LogP contribution in [0.3, 0.4) is 0 Å². The normalized spacial score (nSPS) is 11.9. The summed E-state index contributed by atoms with van der Waals surface area (Å²) in [5.41, 5.74) is 2.29. The van der Waals surface area contributed by atoms with Crippen LogP contribution in [0.2, 0.25) is 0 Å². The molecule has 0 bridgehead atoms. The first-order valence-corrected chi connectivity index (χ1v) is 14.3. The standard InChI is InChI=1S/C28H32BrN3O5S/c1-20-10-12-23(13-11-20)32(38(35,36)24-14-15-26(37-4)25(29)18-24)19-27(33)31(21(2)28(34)30-3)17-16-22-8-6-5-7-9-22/h5-15,18,21H,16-17,19H2,1-4H3,(H,30,34)/t21-/m0/s1. The largest absolute Gasteiger partial charge is 0.496 e. The number of carbonyl (C=O) groups is 2. The Morgan fingerprint density at radius 1 is 1.03 bits per heavy atom. The number of halogens is 1. The Morgan fingerprint density at radius 2 is 1.68 bits per heavy atom. The molecule has 1 N–H and O–H groups in total. The summed E-state index contributed by atoms with van der Waals surface area (Å²) >= 11 is 3.35. The van der Waals surface area contributed by atoms with Crippen molar-refractivity contribution in [3.63, 3.8) is 0 Å². The number of aryl methyl sites for hydroxylation is 1. The molecule has 0 aliphatic carbocycles. The number of ether oxygens (including phenoxy) is 1. The molecule has 0 radical (unpaired) electrons. The van der Waals surface area contributed by atoms with Crippen molar-refractivity contribution in [3.05, 3.63) is 88.4 Å². The number of carbonyl (C=O) groups excluding carboxylic acids is 2. The van der Waals surface area contributed by atoms with Gasteiger partial charge in [-0.25, -0.2) is 8.42 Å². The average Bonchev–Trinajstić information content (AvgIpc) is 2.92. The fourth-order valence-corrected chi connectivity index (χ4v) is 6.09. The van der Waals surface area contributed by atoms with E-state index in [1.807, 2.05) is 37.3 Å². The molecule has 10 heteroatoms. The zero-order valence-electron chi connectivity index (χ0n) is 21.8. The SMILES string of the molecule is CNC(=O)[C@H](C)N(CCc1ccccc1)C(=O)CN(c1ccc(C)cc1)S(=O)(=O)c1ccc(OC)c(Br)c1. The van der Waals surface area contributed by atoms with Crippen LogP contribution in [-0.4, -0.2) is 58.4 Å². The Balaban J connectivity index is 1.99. The van der Waals surface area contributed by atoms with Crippen LogP contribution in [0, 0.1) is 6.92 Å². The molecule has 0 aromatic heterocycles. The van der Waals surface area contributed by atoms with Gasteiger partial charge in [0.1, 0.15) is 18.3 Å². The van der Waals surface area contributed by atoms with Crippen LogP contribution in [0.15, 0.2) is 82.2 Å². The van der Waals surface area contributed by atoms with Crippen LogP contribution in [0.4, 0.5) is 5.69 Å². The number of rotatable bonds is 11. The molecule has 3 aromatic carbocycles. The number of hydrogen-bond acceptors (Lipinski definition) is 5. The Bertz CT molecular complexity index is 1360. The second-order valence-corrected chi connectivity index (χ2v) is 11.5. The van der Waals surface area contributed by atoms with Crippen LogP contribution in [-0.2, 0) is 26.0 Å². The molecule has 0 saturated heterocycles. The number of amides is 2. The molecule has 2 amide bonds. The van der Waals surface area contributed by atoms with E-state index in [1.165, 1.54) is 31.2 Å². The van der Waals surface area contributed by atoms with E-state index >= 15 is 0 Å². The van der Waals surface area contributed by atoms with Gasteiger partial charge in [-0.15, -0.1) is 0 Å². The van der Waals surface area contributed by atoms with E-state index in [-0.39, 0.29) is 17.3 Å². The summed E-state index contributed by atoms with van der Waals surface area (Å²) in [7, 11) is -1.17. The van der Waals surface area contributed by atoms with Gasteiger partial charge < -0.3 is 15.0 Å². The van der Waals surface area contributed by atoms with Gasteiger partial charge in [0.2, 0.25) is 11.8 Å². The third-order valence-electron chi connectivity index (χ3n) is 6.21. The molecule has 38 heavy (non-hydrogen) atoms. The van der Waals surface area contributed by atoms with E-state index in [1.54, 1.807) is 37.3 Å². The third kappa shape index (κ3) is 6.93. The Hall–Kier alpha value is -3.37. The van der Waals surface area contributed by atoms with Crippen LogP contribution in [0.5, 0.6) is 5.75 Å². The Morgan fingerprint density at radius 3 is 2.26 bits per heavy atom. The Kier molecular flexibility index (Phi) is 9.93. The smallest absolute Gasteiger partial charge is 0.264 e. The molecule has 3 rings (SSSR count). The highest BCUT2D eigenvalue weighted by atomic mass is 79.9. The van der Waals surface area contributed by atoms with Crippen molar-refractivity contribution >= 4 is 43.5 Å². The zero-order valence-corrected chi connectivity index (χ0v) is 24.3. The van der Waals surface area contributed by atoms with Gasteiger partial charge in [-0.1, -0.05) is 48.0 Å². The van der Waals surface area contributed by atoms with Crippen molar-refractivity contribution in [1.29, 1.82) is 0 Å². The highest BCUT2D eigenvalue weighted by Gasteiger charge is 2.32.